The van der Waals surface area contributed by atoms with E-state index in [-0.39, 0.29) is 4.88 Å². The molecule has 118 valence electrons. The van der Waals surface area contributed by atoms with Crippen LogP contribution in [-0.4, -0.2) is 17.7 Å². The minimum Gasteiger partial charge on any atom is -0.504 e. The highest BCUT2D eigenvalue weighted by Crippen LogP contribution is 2.37. The van der Waals surface area contributed by atoms with Gasteiger partial charge in [-0.3, -0.25) is 0 Å². The predicted octanol–water partition coefficient (Wildman–Crippen LogP) is 4.98. The number of ether oxygens (including phenoxy) is 1. The highest BCUT2D eigenvalue weighted by atomic mass is 32.1. The van der Waals surface area contributed by atoms with Crippen molar-refractivity contribution >= 4 is 23.0 Å². The molecule has 1 N–H and O–H groups in total. The van der Waals surface area contributed by atoms with Gasteiger partial charge < -0.3 is 9.84 Å². The first kappa shape index (κ1) is 15.5. The maximum atomic E-state index is 13.6. The Morgan fingerprint density at radius 1 is 1.43 bits per heavy atom. The van der Waals surface area contributed by atoms with Crippen LogP contribution in [0.3, 0.4) is 0 Å². The summed E-state index contributed by atoms with van der Waals surface area (Å²) in [6, 6.07) is 6.22. The van der Waals surface area contributed by atoms with Gasteiger partial charge in [-0.25, -0.2) is 14.0 Å². The highest BCUT2D eigenvalue weighted by molar-refractivity contribution is 7.17. The molecule has 1 saturated carbocycles. The smallest absolute Gasteiger partial charge is 0.348 e. The van der Waals surface area contributed by atoms with Gasteiger partial charge in [-0.05, 0) is 42.5 Å². The molecule has 0 unspecified atom stereocenters. The fourth-order valence-electron chi connectivity index (χ4n) is 2.40. The molecule has 0 atom stereocenters. The fourth-order valence-corrected chi connectivity index (χ4v) is 3.27. The number of benzene rings is 1. The molecule has 1 heterocycles. The van der Waals surface area contributed by atoms with Crippen molar-refractivity contribution in [2.24, 2.45) is 5.92 Å². The minimum atomic E-state index is -1.29. The lowest BCUT2D eigenvalue weighted by molar-refractivity contribution is 0.0697. The van der Waals surface area contributed by atoms with Crippen LogP contribution in [0.1, 0.15) is 28.9 Å². The second-order valence-electron chi connectivity index (χ2n) is 5.50. The molecular formula is C17H14FNO3S. The summed E-state index contributed by atoms with van der Waals surface area (Å²) in [7, 11) is 0. The molecule has 1 aliphatic rings. The van der Waals surface area contributed by atoms with Gasteiger partial charge in [0.1, 0.15) is 16.4 Å². The van der Waals surface area contributed by atoms with Crippen LogP contribution < -0.4 is 4.74 Å². The zero-order valence-electron chi connectivity index (χ0n) is 12.2. The Labute approximate surface area is 137 Å². The molecule has 3 rings (SSSR count). The normalized spacial score (nSPS) is 14.1. The van der Waals surface area contributed by atoms with E-state index in [4.69, 9.17) is 16.4 Å². The van der Waals surface area contributed by atoms with Gasteiger partial charge >= 0.3 is 5.97 Å². The first-order chi connectivity index (χ1) is 11.1. The second kappa shape index (κ2) is 6.39. The van der Waals surface area contributed by atoms with Crippen molar-refractivity contribution in [2.45, 2.75) is 19.3 Å². The molecule has 6 heteroatoms. The number of nitrogens with zero attached hydrogens (tertiary/aromatic N) is 1. The Balaban J connectivity index is 1.84. The van der Waals surface area contributed by atoms with Gasteiger partial charge in [0.15, 0.2) is 0 Å². The third-order valence-electron chi connectivity index (χ3n) is 3.94. The summed E-state index contributed by atoms with van der Waals surface area (Å²) < 4.78 is 19.3. The lowest BCUT2D eigenvalue weighted by Crippen LogP contribution is -2.19. The minimum absolute atomic E-state index is 0.324. The number of aromatic carboxylic acids is 1. The van der Waals surface area contributed by atoms with Crippen molar-refractivity contribution in [1.29, 1.82) is 0 Å². The molecule has 1 aliphatic carbocycles. The number of carboxylic acid groups (broad SMARTS) is 1. The van der Waals surface area contributed by atoms with E-state index in [0.717, 1.165) is 24.2 Å². The quantitative estimate of drug-likeness (QED) is 0.786. The number of hydrogen-bond acceptors (Lipinski definition) is 3. The molecule has 0 aliphatic heterocycles. The second-order valence-corrected chi connectivity index (χ2v) is 6.55. The average molecular weight is 331 g/mol. The van der Waals surface area contributed by atoms with Gasteiger partial charge in [0.25, 0.3) is 0 Å². The fraction of sp³-hybridized carbons (Fsp3) is 0.294. The van der Waals surface area contributed by atoms with Gasteiger partial charge in [0, 0.05) is 4.88 Å². The number of carboxylic acids is 1. The maximum Gasteiger partial charge on any atom is 0.348 e. The van der Waals surface area contributed by atoms with E-state index in [2.05, 4.69) is 4.85 Å². The van der Waals surface area contributed by atoms with Gasteiger partial charge in [-0.1, -0.05) is 12.5 Å². The van der Waals surface area contributed by atoms with E-state index >= 15 is 0 Å². The van der Waals surface area contributed by atoms with Crippen molar-refractivity contribution in [1.82, 2.24) is 0 Å². The molecule has 1 aromatic carbocycles. The summed E-state index contributed by atoms with van der Waals surface area (Å²) in [5.41, 5.74) is 0.968. The zero-order valence-corrected chi connectivity index (χ0v) is 13.0. The number of thiophene rings is 1. The monoisotopic (exact) mass is 331 g/mol. The van der Waals surface area contributed by atoms with Gasteiger partial charge in [-0.15, -0.1) is 11.3 Å². The molecule has 4 nitrogen and oxygen atoms in total. The zero-order chi connectivity index (χ0) is 16.4. The number of rotatable bonds is 5. The SMILES string of the molecule is [C-]#[N+]c1cc(-c2cc(F)c(C(=O)O)s2)ccc1OCC1CCC1. The van der Waals surface area contributed by atoms with Crippen LogP contribution in [0.25, 0.3) is 15.3 Å². The van der Waals surface area contributed by atoms with Crippen LogP contribution in [0.5, 0.6) is 5.75 Å². The van der Waals surface area contributed by atoms with Crippen LogP contribution in [0.4, 0.5) is 10.1 Å². The predicted molar refractivity (Wildman–Crippen MR) is 85.8 cm³/mol. The first-order valence-corrected chi connectivity index (χ1v) is 8.07. The van der Waals surface area contributed by atoms with E-state index in [1.165, 1.54) is 12.5 Å². The van der Waals surface area contributed by atoms with E-state index in [0.29, 0.717) is 34.4 Å². The van der Waals surface area contributed by atoms with Crippen LogP contribution >= 0.6 is 11.3 Å². The standard InChI is InChI=1S/C17H14FNO3S/c1-19-13-7-11(15-8-12(18)16(23-15)17(20)21)5-6-14(13)22-9-10-3-2-4-10/h5-8,10H,2-4,9H2,(H,20,21). The van der Waals surface area contributed by atoms with E-state index in [9.17, 15) is 9.18 Å². The summed E-state index contributed by atoms with van der Waals surface area (Å²) >= 11 is 0.859. The molecule has 1 aromatic heterocycles. The maximum absolute atomic E-state index is 13.6. The molecule has 2 aromatic rings. The van der Waals surface area contributed by atoms with Gasteiger partial charge in [-0.2, -0.15) is 0 Å². The number of carbonyl (C=O) groups is 1. The Morgan fingerprint density at radius 3 is 2.78 bits per heavy atom. The average Bonchev–Trinajstić information content (AvgIpc) is 2.88. The molecule has 0 saturated heterocycles. The highest BCUT2D eigenvalue weighted by Gasteiger charge is 2.20. The van der Waals surface area contributed by atoms with E-state index in [1.807, 2.05) is 0 Å². The Hall–Kier alpha value is -2.39. The van der Waals surface area contributed by atoms with Crippen LogP contribution in [-0.2, 0) is 0 Å². The molecule has 0 radical (unpaired) electrons. The molecule has 0 amide bonds. The van der Waals surface area contributed by atoms with Crippen molar-refractivity contribution in [3.8, 4) is 16.2 Å². The van der Waals surface area contributed by atoms with Crippen molar-refractivity contribution in [2.75, 3.05) is 6.61 Å². The Kier molecular flexibility index (Phi) is 4.30. The molecule has 0 bridgehead atoms. The Morgan fingerprint density at radius 2 is 2.22 bits per heavy atom. The summed E-state index contributed by atoms with van der Waals surface area (Å²) in [5.74, 6) is -0.958. The van der Waals surface area contributed by atoms with Crippen molar-refractivity contribution in [3.05, 3.63) is 46.4 Å². The van der Waals surface area contributed by atoms with Gasteiger partial charge in [0.2, 0.25) is 5.69 Å². The van der Waals surface area contributed by atoms with E-state index in [1.54, 1.807) is 18.2 Å². The van der Waals surface area contributed by atoms with E-state index < -0.39 is 11.8 Å². The van der Waals surface area contributed by atoms with Gasteiger partial charge in [0.05, 0.1) is 13.2 Å². The summed E-state index contributed by atoms with van der Waals surface area (Å²) in [5, 5.41) is 8.92. The lowest BCUT2D eigenvalue weighted by Gasteiger charge is -2.25. The van der Waals surface area contributed by atoms with Crippen LogP contribution in [0.15, 0.2) is 24.3 Å². The molecular weight excluding hydrogens is 317 g/mol. The van der Waals surface area contributed by atoms with Crippen LogP contribution in [0, 0.1) is 18.3 Å². The topological polar surface area (TPSA) is 50.9 Å². The third kappa shape index (κ3) is 3.20. The summed E-state index contributed by atoms with van der Waals surface area (Å²) in [6.07, 6.45) is 3.56. The molecule has 0 spiro atoms. The lowest BCUT2D eigenvalue weighted by atomic mass is 9.86. The summed E-state index contributed by atoms with van der Waals surface area (Å²) in [4.78, 5) is 14.5. The summed E-state index contributed by atoms with van der Waals surface area (Å²) in [6.45, 7) is 7.89. The van der Waals surface area contributed by atoms with Crippen LogP contribution in [0.2, 0.25) is 0 Å². The largest absolute Gasteiger partial charge is 0.504 e. The Bertz CT molecular complexity index is 790. The third-order valence-corrected chi connectivity index (χ3v) is 5.09. The molecule has 23 heavy (non-hydrogen) atoms. The van der Waals surface area contributed by atoms with Crippen molar-refractivity contribution in [3.63, 3.8) is 0 Å². The van der Waals surface area contributed by atoms with Crippen molar-refractivity contribution < 1.29 is 19.0 Å². The molecule has 1 fully saturated rings. The first-order valence-electron chi connectivity index (χ1n) is 7.26. The number of hydrogen-bond donors (Lipinski definition) is 1. The number of halogens is 1.